The Kier molecular flexibility index (Phi) is 4.59. The summed E-state index contributed by atoms with van der Waals surface area (Å²) < 4.78 is 0. The van der Waals surface area contributed by atoms with E-state index in [1.165, 1.54) is 5.56 Å². The maximum absolute atomic E-state index is 12.1. The number of nitrogens with one attached hydrogen (secondary N) is 1. The molecule has 2 heteroatoms. The molecule has 1 N–H and O–H groups in total. The molecule has 2 aromatic carbocycles. The minimum absolute atomic E-state index is 0.00103. The third-order valence-corrected chi connectivity index (χ3v) is 3.29. The molecule has 0 atom stereocenters. The lowest BCUT2D eigenvalue weighted by molar-refractivity contribution is 0.104. The number of hydrogen-bond acceptors (Lipinski definition) is 2. The van der Waals surface area contributed by atoms with Crippen LogP contribution in [0.5, 0.6) is 0 Å². The first-order valence-corrected chi connectivity index (χ1v) is 7.10. The van der Waals surface area contributed by atoms with Gasteiger partial charge in [-0.15, -0.1) is 0 Å². The first kappa shape index (κ1) is 15.0. The molecule has 0 saturated carbocycles. The van der Waals surface area contributed by atoms with Gasteiger partial charge in [0.05, 0.1) is 0 Å². The number of carbonyl (C=O) groups is 1. The Morgan fingerprint density at radius 2 is 1.57 bits per heavy atom. The summed E-state index contributed by atoms with van der Waals surface area (Å²) in [6.07, 6.45) is 3.23. The lowest BCUT2D eigenvalue weighted by atomic mass is 9.86. The molecule has 2 nitrogen and oxygen atoms in total. The van der Waals surface area contributed by atoms with Gasteiger partial charge >= 0.3 is 0 Å². The summed E-state index contributed by atoms with van der Waals surface area (Å²) in [4.78, 5) is 12.1. The zero-order valence-electron chi connectivity index (χ0n) is 12.8. The van der Waals surface area contributed by atoms with Crippen molar-refractivity contribution in [2.75, 3.05) is 5.32 Å². The van der Waals surface area contributed by atoms with Crippen molar-refractivity contribution in [3.63, 3.8) is 0 Å². The Balaban J connectivity index is 2.00. The summed E-state index contributed by atoms with van der Waals surface area (Å²) in [5, 5.41) is 3.08. The fourth-order valence-corrected chi connectivity index (χ4v) is 1.98. The lowest BCUT2D eigenvalue weighted by Gasteiger charge is -2.18. The predicted octanol–water partition coefficient (Wildman–Crippen LogP) is 4.79. The molecule has 0 fully saturated rings. The van der Waals surface area contributed by atoms with Gasteiger partial charge in [-0.05, 0) is 23.1 Å². The summed E-state index contributed by atoms with van der Waals surface area (Å²) in [5.74, 6) is -0.00103. The molecular weight excluding hydrogens is 258 g/mol. The highest BCUT2D eigenvalue weighted by Gasteiger charge is 2.13. The lowest BCUT2D eigenvalue weighted by Crippen LogP contribution is -2.11. The van der Waals surface area contributed by atoms with Crippen LogP contribution < -0.4 is 5.32 Å². The van der Waals surface area contributed by atoms with Crippen molar-refractivity contribution in [2.24, 2.45) is 0 Å². The number of benzene rings is 2. The molecule has 0 spiro atoms. The van der Waals surface area contributed by atoms with Crippen molar-refractivity contribution < 1.29 is 4.79 Å². The molecule has 0 aromatic heterocycles. The average molecular weight is 279 g/mol. The van der Waals surface area contributed by atoms with Crippen LogP contribution in [0.15, 0.2) is 66.9 Å². The van der Waals surface area contributed by atoms with Gasteiger partial charge in [-0.2, -0.15) is 0 Å². The number of rotatable bonds is 4. The van der Waals surface area contributed by atoms with Gasteiger partial charge in [-0.3, -0.25) is 4.79 Å². The van der Waals surface area contributed by atoms with Crippen LogP contribution in [-0.2, 0) is 5.41 Å². The number of anilines is 1. The molecule has 0 saturated heterocycles. The molecule has 0 aliphatic heterocycles. The second kappa shape index (κ2) is 6.40. The summed E-state index contributed by atoms with van der Waals surface area (Å²) in [6.45, 7) is 6.48. The van der Waals surface area contributed by atoms with Gasteiger partial charge in [0.1, 0.15) is 0 Å². The molecule has 0 unspecified atom stereocenters. The van der Waals surface area contributed by atoms with E-state index in [1.807, 2.05) is 54.6 Å². The molecule has 2 rings (SSSR count). The van der Waals surface area contributed by atoms with E-state index < -0.39 is 0 Å². The monoisotopic (exact) mass is 279 g/mol. The van der Waals surface area contributed by atoms with Crippen molar-refractivity contribution >= 4 is 11.5 Å². The van der Waals surface area contributed by atoms with Crippen LogP contribution in [0.3, 0.4) is 0 Å². The fraction of sp³-hybridized carbons (Fsp3) is 0.211. The Hall–Kier alpha value is -2.35. The van der Waals surface area contributed by atoms with Crippen LogP contribution in [0.2, 0.25) is 0 Å². The van der Waals surface area contributed by atoms with Crippen LogP contribution >= 0.6 is 0 Å². The molecule has 0 amide bonds. The minimum Gasteiger partial charge on any atom is -0.362 e. The first-order valence-electron chi connectivity index (χ1n) is 7.10. The zero-order valence-corrected chi connectivity index (χ0v) is 12.8. The number of para-hydroxylation sites is 1. The van der Waals surface area contributed by atoms with Crippen molar-refractivity contribution in [1.82, 2.24) is 0 Å². The van der Waals surface area contributed by atoms with Crippen molar-refractivity contribution in [2.45, 2.75) is 26.2 Å². The second-order valence-electron chi connectivity index (χ2n) is 6.04. The second-order valence-corrected chi connectivity index (χ2v) is 6.04. The number of hydrogen-bond donors (Lipinski definition) is 1. The van der Waals surface area contributed by atoms with E-state index in [-0.39, 0.29) is 11.2 Å². The SMILES string of the molecule is CC(C)(C)c1ccc(C(=O)/C=C/Nc2ccccc2)cc1. The van der Waals surface area contributed by atoms with E-state index in [4.69, 9.17) is 0 Å². The maximum Gasteiger partial charge on any atom is 0.187 e. The Morgan fingerprint density at radius 3 is 2.14 bits per heavy atom. The summed E-state index contributed by atoms with van der Waals surface area (Å²) in [5.41, 5.74) is 3.00. The number of carbonyl (C=O) groups excluding carboxylic acids is 1. The molecule has 21 heavy (non-hydrogen) atoms. The third kappa shape index (κ3) is 4.32. The quantitative estimate of drug-likeness (QED) is 0.644. The van der Waals surface area contributed by atoms with Gasteiger partial charge < -0.3 is 5.32 Å². The van der Waals surface area contributed by atoms with Crippen LogP contribution in [0.4, 0.5) is 5.69 Å². The van der Waals surface area contributed by atoms with Gasteiger partial charge in [0.25, 0.3) is 0 Å². The summed E-state index contributed by atoms with van der Waals surface area (Å²) >= 11 is 0. The van der Waals surface area contributed by atoms with E-state index in [2.05, 4.69) is 26.1 Å². The maximum atomic E-state index is 12.1. The molecule has 0 radical (unpaired) electrons. The normalized spacial score (nSPS) is 11.6. The van der Waals surface area contributed by atoms with Crippen LogP contribution in [0.1, 0.15) is 36.7 Å². The van der Waals surface area contributed by atoms with Gasteiger partial charge in [0.15, 0.2) is 5.78 Å². The Bertz CT molecular complexity index is 619. The molecule has 108 valence electrons. The van der Waals surface area contributed by atoms with E-state index in [1.54, 1.807) is 12.3 Å². The molecule has 0 aliphatic carbocycles. The van der Waals surface area contributed by atoms with Crippen LogP contribution in [0, 0.1) is 0 Å². The number of ketones is 1. The van der Waals surface area contributed by atoms with E-state index in [9.17, 15) is 4.79 Å². The first-order chi connectivity index (χ1) is 9.97. The summed E-state index contributed by atoms with van der Waals surface area (Å²) in [6, 6.07) is 17.6. The third-order valence-electron chi connectivity index (χ3n) is 3.29. The van der Waals surface area contributed by atoms with Gasteiger partial charge in [0, 0.05) is 23.5 Å². The van der Waals surface area contributed by atoms with Crippen LogP contribution in [-0.4, -0.2) is 5.78 Å². The van der Waals surface area contributed by atoms with Gasteiger partial charge in [0.2, 0.25) is 0 Å². The molecule has 0 heterocycles. The minimum atomic E-state index is -0.00103. The van der Waals surface area contributed by atoms with E-state index in [0.29, 0.717) is 5.56 Å². The smallest absolute Gasteiger partial charge is 0.187 e. The standard InChI is InChI=1S/C19H21NO/c1-19(2,3)16-11-9-15(10-12-16)18(21)13-14-20-17-7-5-4-6-8-17/h4-14,20H,1-3H3/b14-13+. The molecule has 0 aliphatic rings. The molecular formula is C19H21NO. The predicted molar refractivity (Wildman–Crippen MR) is 88.7 cm³/mol. The zero-order chi connectivity index (χ0) is 15.3. The highest BCUT2D eigenvalue weighted by atomic mass is 16.1. The topological polar surface area (TPSA) is 29.1 Å². The summed E-state index contributed by atoms with van der Waals surface area (Å²) in [7, 11) is 0. The van der Waals surface area contributed by atoms with Crippen molar-refractivity contribution in [1.29, 1.82) is 0 Å². The largest absolute Gasteiger partial charge is 0.362 e. The van der Waals surface area contributed by atoms with Gasteiger partial charge in [-0.25, -0.2) is 0 Å². The Labute approximate surface area is 126 Å². The Morgan fingerprint density at radius 1 is 0.952 bits per heavy atom. The van der Waals surface area contributed by atoms with E-state index >= 15 is 0 Å². The highest BCUT2D eigenvalue weighted by molar-refractivity contribution is 6.04. The van der Waals surface area contributed by atoms with Crippen LogP contribution in [0.25, 0.3) is 0 Å². The fourth-order valence-electron chi connectivity index (χ4n) is 1.98. The number of allylic oxidation sites excluding steroid dienone is 1. The highest BCUT2D eigenvalue weighted by Crippen LogP contribution is 2.22. The van der Waals surface area contributed by atoms with Gasteiger partial charge in [-0.1, -0.05) is 63.2 Å². The van der Waals surface area contributed by atoms with E-state index in [0.717, 1.165) is 5.69 Å². The molecule has 2 aromatic rings. The van der Waals surface area contributed by atoms with Crippen molar-refractivity contribution in [3.05, 3.63) is 78.0 Å². The molecule has 0 bridgehead atoms. The average Bonchev–Trinajstić information content (AvgIpc) is 2.47. The van der Waals surface area contributed by atoms with Crippen molar-refractivity contribution in [3.8, 4) is 0 Å².